The molecule has 0 aliphatic carbocycles. The van der Waals surface area contributed by atoms with Gasteiger partial charge in [0.2, 0.25) is 10.0 Å². The van der Waals surface area contributed by atoms with Crippen molar-refractivity contribution in [2.75, 3.05) is 45.6 Å². The van der Waals surface area contributed by atoms with Gasteiger partial charge in [0.1, 0.15) is 11.3 Å². The molecule has 0 aromatic heterocycles. The molecule has 9 nitrogen and oxygen atoms in total. The molecule has 1 saturated heterocycles. The molecule has 11 heteroatoms. The Bertz CT molecular complexity index is 1110. The summed E-state index contributed by atoms with van der Waals surface area (Å²) in [7, 11) is -2.26. The molecule has 1 heterocycles. The number of methoxy groups -OCH3 is 1. The summed E-state index contributed by atoms with van der Waals surface area (Å²) in [6.07, 6.45) is 0. The van der Waals surface area contributed by atoms with Gasteiger partial charge in [0.25, 0.3) is 5.91 Å². The van der Waals surface area contributed by atoms with Crippen LogP contribution in [-0.2, 0) is 19.6 Å². The first-order valence-electron chi connectivity index (χ1n) is 9.78. The van der Waals surface area contributed by atoms with Crippen molar-refractivity contribution in [3.63, 3.8) is 0 Å². The Morgan fingerprint density at radius 2 is 1.72 bits per heavy atom. The molecule has 0 radical (unpaired) electrons. The summed E-state index contributed by atoms with van der Waals surface area (Å²) in [5.41, 5.74) is 6.96. The standard InChI is InChI=1S/C21H24ClN3O6S/c1-14-3-5-15(6-4-14)32(28,29)25-9-7-24(8-10-25)20(26)13-31-21(27)16-11-17(22)18(23)12-19(16)30-2/h3-6,11-12H,7-10,13,23H2,1-2H3. The zero-order chi connectivity index (χ0) is 23.5. The molecule has 1 amide bonds. The van der Waals surface area contributed by atoms with Crippen molar-refractivity contribution in [3.05, 3.63) is 52.5 Å². The molecule has 0 spiro atoms. The van der Waals surface area contributed by atoms with Gasteiger partial charge in [-0.15, -0.1) is 0 Å². The van der Waals surface area contributed by atoms with Gasteiger partial charge >= 0.3 is 5.97 Å². The van der Waals surface area contributed by atoms with E-state index in [4.69, 9.17) is 26.8 Å². The largest absolute Gasteiger partial charge is 0.496 e. The van der Waals surface area contributed by atoms with Gasteiger partial charge in [0, 0.05) is 32.2 Å². The Hall–Kier alpha value is -2.82. The molecule has 1 fully saturated rings. The SMILES string of the molecule is COc1cc(N)c(Cl)cc1C(=O)OCC(=O)N1CCN(S(=O)(=O)c2ccc(C)cc2)CC1. The fourth-order valence-electron chi connectivity index (χ4n) is 3.23. The van der Waals surface area contributed by atoms with E-state index in [-0.39, 0.29) is 53.1 Å². The fraction of sp³-hybridized carbons (Fsp3) is 0.333. The Balaban J connectivity index is 1.56. The predicted molar refractivity (Wildman–Crippen MR) is 119 cm³/mol. The molecule has 172 valence electrons. The summed E-state index contributed by atoms with van der Waals surface area (Å²) < 4.78 is 37.1. The third-order valence-corrected chi connectivity index (χ3v) is 7.36. The number of benzene rings is 2. The molecule has 0 saturated carbocycles. The highest BCUT2D eigenvalue weighted by molar-refractivity contribution is 7.89. The number of nitrogens with two attached hydrogens (primary N) is 1. The van der Waals surface area contributed by atoms with Crippen molar-refractivity contribution in [3.8, 4) is 5.75 Å². The molecule has 2 aromatic carbocycles. The second kappa shape index (κ2) is 9.76. The van der Waals surface area contributed by atoms with Gasteiger partial charge in [-0.2, -0.15) is 4.31 Å². The Morgan fingerprint density at radius 3 is 2.31 bits per heavy atom. The third kappa shape index (κ3) is 5.14. The Morgan fingerprint density at radius 1 is 1.09 bits per heavy atom. The van der Waals surface area contributed by atoms with Gasteiger partial charge in [-0.3, -0.25) is 4.79 Å². The van der Waals surface area contributed by atoms with Crippen LogP contribution in [0.2, 0.25) is 5.02 Å². The highest BCUT2D eigenvalue weighted by atomic mass is 35.5. The number of piperazine rings is 1. The van der Waals surface area contributed by atoms with E-state index in [2.05, 4.69) is 0 Å². The summed E-state index contributed by atoms with van der Waals surface area (Å²) in [6.45, 7) is 2.08. The lowest BCUT2D eigenvalue weighted by atomic mass is 10.2. The second-order valence-corrected chi connectivity index (χ2v) is 9.59. The summed E-state index contributed by atoms with van der Waals surface area (Å²) in [4.78, 5) is 26.5. The number of hydrogen-bond acceptors (Lipinski definition) is 7. The van der Waals surface area contributed by atoms with Crippen molar-refractivity contribution < 1.29 is 27.5 Å². The summed E-state index contributed by atoms with van der Waals surface area (Å²) in [5, 5.41) is 0.162. The number of sulfonamides is 1. The number of aryl methyl sites for hydroxylation is 1. The minimum absolute atomic E-state index is 0.0495. The highest BCUT2D eigenvalue weighted by Gasteiger charge is 2.30. The number of anilines is 1. The maximum Gasteiger partial charge on any atom is 0.342 e. The lowest BCUT2D eigenvalue weighted by Gasteiger charge is -2.33. The van der Waals surface area contributed by atoms with E-state index in [0.717, 1.165) is 5.56 Å². The van der Waals surface area contributed by atoms with E-state index in [9.17, 15) is 18.0 Å². The number of ether oxygens (including phenoxy) is 2. The molecular formula is C21H24ClN3O6S. The summed E-state index contributed by atoms with van der Waals surface area (Å²) in [6, 6.07) is 9.33. The van der Waals surface area contributed by atoms with Gasteiger partial charge in [0.15, 0.2) is 6.61 Å². The molecule has 32 heavy (non-hydrogen) atoms. The third-order valence-electron chi connectivity index (χ3n) is 5.12. The lowest BCUT2D eigenvalue weighted by molar-refractivity contribution is -0.135. The van der Waals surface area contributed by atoms with Crippen LogP contribution >= 0.6 is 11.6 Å². The maximum atomic E-state index is 12.8. The van der Waals surface area contributed by atoms with Gasteiger partial charge in [-0.25, -0.2) is 13.2 Å². The van der Waals surface area contributed by atoms with Crippen molar-refractivity contribution in [2.24, 2.45) is 0 Å². The number of nitrogen functional groups attached to an aromatic ring is 1. The van der Waals surface area contributed by atoms with E-state index < -0.39 is 28.5 Å². The number of hydrogen-bond donors (Lipinski definition) is 1. The van der Waals surface area contributed by atoms with Crippen LogP contribution < -0.4 is 10.5 Å². The van der Waals surface area contributed by atoms with Crippen molar-refractivity contribution >= 4 is 39.2 Å². The Kier molecular flexibility index (Phi) is 7.27. The molecule has 1 aliphatic heterocycles. The quantitative estimate of drug-likeness (QED) is 0.494. The van der Waals surface area contributed by atoms with Crippen LogP contribution in [0.25, 0.3) is 0 Å². The highest BCUT2D eigenvalue weighted by Crippen LogP contribution is 2.29. The van der Waals surface area contributed by atoms with Crippen molar-refractivity contribution in [1.29, 1.82) is 0 Å². The van der Waals surface area contributed by atoms with E-state index in [1.807, 2.05) is 6.92 Å². The van der Waals surface area contributed by atoms with E-state index in [1.54, 1.807) is 24.3 Å². The number of carbonyl (C=O) groups excluding carboxylic acids is 2. The summed E-state index contributed by atoms with van der Waals surface area (Å²) in [5.74, 6) is -1.02. The van der Waals surface area contributed by atoms with Crippen molar-refractivity contribution in [1.82, 2.24) is 9.21 Å². The van der Waals surface area contributed by atoms with Gasteiger partial charge < -0.3 is 20.1 Å². The van der Waals surface area contributed by atoms with E-state index >= 15 is 0 Å². The van der Waals surface area contributed by atoms with E-state index in [1.165, 1.54) is 28.4 Å². The molecule has 2 N–H and O–H groups in total. The second-order valence-electron chi connectivity index (χ2n) is 7.25. The van der Waals surface area contributed by atoms with Crippen molar-refractivity contribution in [2.45, 2.75) is 11.8 Å². The molecule has 2 aromatic rings. The van der Waals surface area contributed by atoms with Crippen LogP contribution in [0.5, 0.6) is 5.75 Å². The van der Waals surface area contributed by atoms with Crippen LogP contribution in [0.15, 0.2) is 41.3 Å². The molecular weight excluding hydrogens is 458 g/mol. The first-order chi connectivity index (χ1) is 15.1. The minimum atomic E-state index is -3.63. The van der Waals surface area contributed by atoms with Crippen LogP contribution in [0.3, 0.4) is 0 Å². The first kappa shape index (κ1) is 23.8. The first-order valence-corrected chi connectivity index (χ1v) is 11.6. The topological polar surface area (TPSA) is 119 Å². The number of nitrogens with zero attached hydrogens (tertiary/aromatic N) is 2. The number of halogens is 1. The number of amides is 1. The minimum Gasteiger partial charge on any atom is -0.496 e. The summed E-state index contributed by atoms with van der Waals surface area (Å²) >= 11 is 5.96. The molecule has 0 bridgehead atoms. The predicted octanol–water partition coefficient (Wildman–Crippen LogP) is 1.93. The zero-order valence-electron chi connectivity index (χ0n) is 17.7. The monoisotopic (exact) mass is 481 g/mol. The number of esters is 1. The van der Waals surface area contributed by atoms with E-state index in [0.29, 0.717) is 0 Å². The molecule has 1 aliphatic rings. The average molecular weight is 482 g/mol. The molecule has 0 unspecified atom stereocenters. The molecule has 3 rings (SSSR count). The number of rotatable bonds is 6. The molecule has 0 atom stereocenters. The maximum absolute atomic E-state index is 12.8. The van der Waals surface area contributed by atoms with Crippen LogP contribution in [-0.4, -0.2) is 69.4 Å². The van der Waals surface area contributed by atoms with Gasteiger partial charge in [-0.1, -0.05) is 29.3 Å². The average Bonchev–Trinajstić information content (AvgIpc) is 2.79. The fourth-order valence-corrected chi connectivity index (χ4v) is 4.82. The van der Waals surface area contributed by atoms with Crippen LogP contribution in [0.1, 0.15) is 15.9 Å². The Labute approximate surface area is 191 Å². The smallest absolute Gasteiger partial charge is 0.342 e. The lowest BCUT2D eigenvalue weighted by Crippen LogP contribution is -2.51. The number of carbonyl (C=O) groups is 2. The van der Waals surface area contributed by atoms with Gasteiger partial charge in [0.05, 0.1) is 22.7 Å². The van der Waals surface area contributed by atoms with Crippen LogP contribution in [0.4, 0.5) is 5.69 Å². The van der Waals surface area contributed by atoms with Crippen LogP contribution in [0, 0.1) is 6.92 Å². The zero-order valence-corrected chi connectivity index (χ0v) is 19.3. The van der Waals surface area contributed by atoms with Gasteiger partial charge in [-0.05, 0) is 25.1 Å². The normalized spacial score (nSPS) is 14.8.